The minimum absolute atomic E-state index is 0.00648. The first-order valence-electron chi connectivity index (χ1n) is 9.77. The molecular weight excluding hydrogens is 395 g/mol. The van der Waals surface area contributed by atoms with E-state index in [4.69, 9.17) is 9.26 Å². The summed E-state index contributed by atoms with van der Waals surface area (Å²) in [6, 6.07) is 4.94. The van der Waals surface area contributed by atoms with Gasteiger partial charge in [-0.3, -0.25) is 14.5 Å². The molecular formula is C20H21FN4O5. The zero-order valence-electron chi connectivity index (χ0n) is 16.4. The Balaban J connectivity index is 1.35. The van der Waals surface area contributed by atoms with Gasteiger partial charge in [0.05, 0.1) is 0 Å². The van der Waals surface area contributed by atoms with Gasteiger partial charge in [0.25, 0.3) is 11.8 Å². The largest absolute Gasteiger partial charge is 0.454 e. The van der Waals surface area contributed by atoms with Crippen molar-refractivity contribution in [2.24, 2.45) is 5.92 Å². The van der Waals surface area contributed by atoms with Gasteiger partial charge in [-0.2, -0.15) is 4.98 Å². The molecule has 0 unspecified atom stereocenters. The number of aromatic nitrogens is 2. The van der Waals surface area contributed by atoms with Gasteiger partial charge in [0, 0.05) is 5.56 Å². The highest BCUT2D eigenvalue weighted by molar-refractivity contribution is 6.08. The van der Waals surface area contributed by atoms with Gasteiger partial charge in [-0.15, -0.1) is 0 Å². The number of halogens is 1. The number of rotatable bonds is 5. The third-order valence-electron chi connectivity index (χ3n) is 5.72. The molecule has 10 heteroatoms. The van der Waals surface area contributed by atoms with Gasteiger partial charge in [-0.05, 0) is 43.0 Å². The average Bonchev–Trinajstić information content (AvgIpc) is 3.29. The Hall–Kier alpha value is -3.30. The zero-order chi connectivity index (χ0) is 21.3. The quantitative estimate of drug-likeness (QED) is 0.588. The highest BCUT2D eigenvalue weighted by atomic mass is 19.1. The van der Waals surface area contributed by atoms with Crippen molar-refractivity contribution in [3.8, 4) is 11.4 Å². The summed E-state index contributed by atoms with van der Waals surface area (Å²) in [6.07, 6.45) is 3.27. The number of benzene rings is 1. The Labute approximate surface area is 171 Å². The van der Waals surface area contributed by atoms with Crippen LogP contribution < -0.4 is 5.32 Å². The van der Waals surface area contributed by atoms with Crippen LogP contribution in [0.5, 0.6) is 0 Å². The second-order valence-corrected chi connectivity index (χ2v) is 7.62. The molecule has 4 rings (SSSR count). The maximum atomic E-state index is 13.0. The fourth-order valence-electron chi connectivity index (χ4n) is 3.99. The van der Waals surface area contributed by atoms with Crippen LogP contribution in [0.1, 0.15) is 38.5 Å². The number of nitrogens with zero attached hydrogens (tertiary/aromatic N) is 3. The fraction of sp³-hybridized carbons (Fsp3) is 0.450. The third kappa shape index (κ3) is 3.64. The van der Waals surface area contributed by atoms with E-state index in [1.54, 1.807) is 0 Å². The van der Waals surface area contributed by atoms with Gasteiger partial charge in [-0.1, -0.05) is 24.9 Å². The van der Waals surface area contributed by atoms with Gasteiger partial charge in [0.2, 0.25) is 5.82 Å². The maximum absolute atomic E-state index is 13.0. The molecule has 30 heavy (non-hydrogen) atoms. The lowest BCUT2D eigenvalue weighted by molar-refractivity contribution is -0.150. The highest BCUT2D eigenvalue weighted by Gasteiger charge is 2.55. The molecule has 1 spiro atoms. The van der Waals surface area contributed by atoms with Crippen LogP contribution in [0.25, 0.3) is 11.4 Å². The predicted octanol–water partition coefficient (Wildman–Crippen LogP) is 2.42. The van der Waals surface area contributed by atoms with Crippen LogP contribution >= 0.6 is 0 Å². The van der Waals surface area contributed by atoms with Crippen molar-refractivity contribution in [2.45, 2.75) is 44.8 Å². The smallest absolute Gasteiger partial charge is 0.326 e. The minimum Gasteiger partial charge on any atom is -0.454 e. The number of esters is 1. The van der Waals surface area contributed by atoms with Crippen LogP contribution in [0.15, 0.2) is 28.8 Å². The molecule has 0 radical (unpaired) electrons. The van der Waals surface area contributed by atoms with Crippen LogP contribution in [0.3, 0.4) is 0 Å². The van der Waals surface area contributed by atoms with Crippen LogP contribution in [-0.4, -0.2) is 45.0 Å². The molecule has 0 bridgehead atoms. The Bertz CT molecular complexity index is 976. The molecule has 1 aromatic carbocycles. The maximum Gasteiger partial charge on any atom is 0.326 e. The van der Waals surface area contributed by atoms with Crippen molar-refractivity contribution in [1.29, 1.82) is 0 Å². The summed E-state index contributed by atoms with van der Waals surface area (Å²) in [7, 11) is 0. The van der Waals surface area contributed by atoms with Crippen molar-refractivity contribution >= 4 is 17.9 Å². The summed E-state index contributed by atoms with van der Waals surface area (Å²) in [5, 5.41) is 6.54. The Morgan fingerprint density at radius 3 is 2.83 bits per heavy atom. The number of carbonyl (C=O) groups excluding carboxylic acids is 3. The lowest BCUT2D eigenvalue weighted by Gasteiger charge is -2.36. The average molecular weight is 416 g/mol. The molecule has 1 saturated heterocycles. The van der Waals surface area contributed by atoms with E-state index in [0.717, 1.165) is 24.2 Å². The molecule has 2 atom stereocenters. The minimum atomic E-state index is -0.924. The molecule has 158 valence electrons. The first-order valence-corrected chi connectivity index (χ1v) is 9.77. The lowest BCUT2D eigenvalue weighted by Crippen LogP contribution is -2.54. The van der Waals surface area contributed by atoms with Gasteiger partial charge < -0.3 is 14.6 Å². The number of hydrogen-bond donors (Lipinski definition) is 1. The molecule has 3 amide bonds. The van der Waals surface area contributed by atoms with E-state index in [2.05, 4.69) is 15.5 Å². The van der Waals surface area contributed by atoms with E-state index in [9.17, 15) is 18.8 Å². The number of amides is 3. The van der Waals surface area contributed by atoms with Crippen LogP contribution in [0, 0.1) is 11.7 Å². The monoisotopic (exact) mass is 416 g/mol. The Kier molecular flexibility index (Phi) is 5.23. The summed E-state index contributed by atoms with van der Waals surface area (Å²) >= 11 is 0. The molecule has 2 fully saturated rings. The summed E-state index contributed by atoms with van der Waals surface area (Å²) in [6.45, 7) is 1.14. The molecule has 1 aliphatic carbocycles. The molecule has 1 N–H and O–H groups in total. The van der Waals surface area contributed by atoms with E-state index in [0.29, 0.717) is 12.0 Å². The Morgan fingerprint density at radius 1 is 1.33 bits per heavy atom. The van der Waals surface area contributed by atoms with Crippen LogP contribution in [-0.2, 0) is 20.9 Å². The van der Waals surface area contributed by atoms with Crippen molar-refractivity contribution < 1.29 is 28.0 Å². The first-order chi connectivity index (χ1) is 14.4. The van der Waals surface area contributed by atoms with Crippen molar-refractivity contribution in [1.82, 2.24) is 20.4 Å². The number of imide groups is 1. The summed E-state index contributed by atoms with van der Waals surface area (Å²) in [5.41, 5.74) is -0.379. The molecule has 9 nitrogen and oxygen atoms in total. The van der Waals surface area contributed by atoms with E-state index in [1.807, 2.05) is 6.92 Å². The Morgan fingerprint density at radius 2 is 2.10 bits per heavy atom. The van der Waals surface area contributed by atoms with Crippen molar-refractivity contribution in [2.75, 3.05) is 6.54 Å². The summed E-state index contributed by atoms with van der Waals surface area (Å²) < 4.78 is 23.1. The molecule has 1 aromatic heterocycles. The topological polar surface area (TPSA) is 115 Å². The normalized spacial score (nSPS) is 23.7. The molecule has 1 saturated carbocycles. The number of urea groups is 1. The SMILES string of the molecule is C[C@H]1CCCC[C@]12NC(=O)N(CC(=O)OCc1nc(-c3ccc(F)cc3)no1)C2=O. The fourth-order valence-corrected chi connectivity index (χ4v) is 3.99. The first kappa shape index (κ1) is 20.0. The van der Waals surface area contributed by atoms with Crippen molar-refractivity contribution in [3.63, 3.8) is 0 Å². The molecule has 2 aliphatic rings. The van der Waals surface area contributed by atoms with Crippen LogP contribution in [0.2, 0.25) is 0 Å². The van der Waals surface area contributed by atoms with E-state index >= 15 is 0 Å². The van der Waals surface area contributed by atoms with Gasteiger partial charge in [-0.25, -0.2) is 9.18 Å². The number of ether oxygens (including phenoxy) is 1. The molecule has 2 heterocycles. The number of nitrogens with one attached hydrogen (secondary N) is 1. The lowest BCUT2D eigenvalue weighted by atomic mass is 9.73. The number of hydrogen-bond acceptors (Lipinski definition) is 7. The van der Waals surface area contributed by atoms with E-state index in [-0.39, 0.29) is 36.0 Å². The van der Waals surface area contributed by atoms with Crippen molar-refractivity contribution in [3.05, 3.63) is 36.0 Å². The van der Waals surface area contributed by atoms with E-state index in [1.165, 1.54) is 24.3 Å². The highest BCUT2D eigenvalue weighted by Crippen LogP contribution is 2.38. The number of carbonyl (C=O) groups is 3. The third-order valence-corrected chi connectivity index (χ3v) is 5.72. The molecule has 2 aromatic rings. The second kappa shape index (κ2) is 7.85. The molecule has 1 aliphatic heterocycles. The summed E-state index contributed by atoms with van der Waals surface area (Å²) in [4.78, 5) is 42.4. The zero-order valence-corrected chi connectivity index (χ0v) is 16.4. The van der Waals surface area contributed by atoms with E-state index < -0.39 is 24.1 Å². The second-order valence-electron chi connectivity index (χ2n) is 7.62. The van der Waals surface area contributed by atoms with Gasteiger partial charge in [0.15, 0.2) is 6.61 Å². The predicted molar refractivity (Wildman–Crippen MR) is 100 cm³/mol. The summed E-state index contributed by atoms with van der Waals surface area (Å²) in [5.74, 6) is -1.26. The van der Waals surface area contributed by atoms with Crippen LogP contribution in [0.4, 0.5) is 9.18 Å². The van der Waals surface area contributed by atoms with Gasteiger partial charge >= 0.3 is 12.0 Å². The van der Waals surface area contributed by atoms with Gasteiger partial charge in [0.1, 0.15) is 17.9 Å². The standard InChI is InChI=1S/C20H21FN4O5/c1-12-4-2-3-9-20(12)18(27)25(19(28)23-20)10-16(26)29-11-15-22-17(24-30-15)13-5-7-14(21)8-6-13/h5-8,12H,2-4,9-11H2,1H3,(H,23,28)/t12-,20-/m0/s1.